The highest BCUT2D eigenvalue weighted by atomic mass is 15.1. The van der Waals surface area contributed by atoms with Crippen molar-refractivity contribution >= 4 is 38.5 Å². The Balaban J connectivity index is 1.44. The Morgan fingerprint density at radius 2 is 1.49 bits per heavy atom. The Morgan fingerprint density at radius 3 is 2.43 bits per heavy atom. The summed E-state index contributed by atoms with van der Waals surface area (Å²) in [7, 11) is 0. The van der Waals surface area contributed by atoms with Crippen LogP contribution in [0.3, 0.4) is 0 Å². The standard InChI is InChI=1S/C31H18N4/c1-2-5-21-17(4-1)12-18-7-8-19-13-20-14-24-23(15-22(20)29(19)28(18)21)25-16-32-11-9-26(25)35-27-6-3-10-33-30(27)34-31(24)35/h1-11,14-16H,12-13H2. The van der Waals surface area contributed by atoms with Gasteiger partial charge in [0.25, 0.3) is 0 Å². The molecule has 0 N–H and O–H groups in total. The summed E-state index contributed by atoms with van der Waals surface area (Å²) in [5, 5.41) is 3.50. The van der Waals surface area contributed by atoms with Gasteiger partial charge in [-0.25, -0.2) is 9.97 Å². The normalized spacial score (nSPS) is 13.5. The highest BCUT2D eigenvalue weighted by Crippen LogP contribution is 2.50. The van der Waals surface area contributed by atoms with E-state index in [1.165, 1.54) is 49.9 Å². The van der Waals surface area contributed by atoms with E-state index in [0.717, 1.165) is 45.9 Å². The van der Waals surface area contributed by atoms with Gasteiger partial charge >= 0.3 is 0 Å². The number of nitrogens with zero attached hydrogens (tertiary/aromatic N) is 4. The lowest BCUT2D eigenvalue weighted by Crippen LogP contribution is -1.93. The number of benzene rings is 3. The lowest BCUT2D eigenvalue weighted by atomic mass is 9.92. The van der Waals surface area contributed by atoms with Crippen LogP contribution in [0.2, 0.25) is 0 Å². The molecule has 0 spiro atoms. The number of imidazole rings is 1. The van der Waals surface area contributed by atoms with Gasteiger partial charge in [-0.05, 0) is 93.1 Å². The summed E-state index contributed by atoms with van der Waals surface area (Å²) in [6.45, 7) is 0. The highest BCUT2D eigenvalue weighted by molar-refractivity contribution is 6.15. The summed E-state index contributed by atoms with van der Waals surface area (Å²) in [6, 6.07) is 24.5. The molecule has 0 unspecified atom stereocenters. The molecule has 0 amide bonds. The van der Waals surface area contributed by atoms with Crippen LogP contribution >= 0.6 is 0 Å². The molecule has 35 heavy (non-hydrogen) atoms. The molecule has 4 heteroatoms. The van der Waals surface area contributed by atoms with Crippen LogP contribution < -0.4 is 0 Å². The van der Waals surface area contributed by atoms with Crippen molar-refractivity contribution in [1.82, 2.24) is 19.4 Å². The van der Waals surface area contributed by atoms with Gasteiger partial charge in [-0.1, -0.05) is 36.4 Å². The summed E-state index contributed by atoms with van der Waals surface area (Å²) >= 11 is 0. The van der Waals surface area contributed by atoms with Crippen LogP contribution in [-0.2, 0) is 12.8 Å². The van der Waals surface area contributed by atoms with Gasteiger partial charge in [0.15, 0.2) is 5.65 Å². The average molecular weight is 447 g/mol. The third-order valence-electron chi connectivity index (χ3n) is 7.94. The molecule has 4 nitrogen and oxygen atoms in total. The van der Waals surface area contributed by atoms with Crippen LogP contribution in [0.4, 0.5) is 0 Å². The number of hydrogen-bond donors (Lipinski definition) is 0. The monoisotopic (exact) mass is 446 g/mol. The molecular formula is C31H18N4. The fourth-order valence-electron chi connectivity index (χ4n) is 6.49. The van der Waals surface area contributed by atoms with Crippen molar-refractivity contribution in [2.45, 2.75) is 12.8 Å². The van der Waals surface area contributed by atoms with E-state index >= 15 is 0 Å². The Kier molecular flexibility index (Phi) is 3.11. The summed E-state index contributed by atoms with van der Waals surface area (Å²) in [6.07, 6.45) is 7.64. The molecule has 9 rings (SSSR count). The Hall–Kier alpha value is -4.57. The molecular weight excluding hydrogens is 428 g/mol. The average Bonchev–Trinajstić information content (AvgIpc) is 3.58. The molecule has 2 aliphatic rings. The molecule has 7 aromatic rings. The molecule has 162 valence electrons. The third kappa shape index (κ3) is 2.15. The van der Waals surface area contributed by atoms with Crippen molar-refractivity contribution in [2.75, 3.05) is 0 Å². The van der Waals surface area contributed by atoms with Crippen molar-refractivity contribution in [2.24, 2.45) is 0 Å². The number of fused-ring (bicyclic) bond motifs is 15. The van der Waals surface area contributed by atoms with Gasteiger partial charge in [-0.3, -0.25) is 9.38 Å². The molecule has 0 atom stereocenters. The minimum Gasteiger partial charge on any atom is -0.290 e. The molecule has 2 aliphatic carbocycles. The molecule has 0 saturated heterocycles. The van der Waals surface area contributed by atoms with E-state index in [1.807, 2.05) is 24.7 Å². The quantitative estimate of drug-likeness (QED) is 0.243. The zero-order chi connectivity index (χ0) is 22.7. The van der Waals surface area contributed by atoms with Gasteiger partial charge in [0.1, 0.15) is 5.65 Å². The first-order valence-corrected chi connectivity index (χ1v) is 12.0. The number of pyridine rings is 3. The lowest BCUT2D eigenvalue weighted by molar-refractivity contribution is 1.23. The molecule has 0 radical (unpaired) electrons. The van der Waals surface area contributed by atoms with Crippen LogP contribution in [0.25, 0.3) is 60.7 Å². The lowest BCUT2D eigenvalue weighted by Gasteiger charge is -2.13. The Bertz CT molecular complexity index is 2070. The fraction of sp³-hybridized carbons (Fsp3) is 0.0645. The van der Waals surface area contributed by atoms with E-state index in [0.29, 0.717) is 0 Å². The van der Waals surface area contributed by atoms with Crippen molar-refractivity contribution in [3.63, 3.8) is 0 Å². The maximum atomic E-state index is 4.99. The largest absolute Gasteiger partial charge is 0.290 e. The molecule has 0 bridgehead atoms. The van der Waals surface area contributed by atoms with Gasteiger partial charge < -0.3 is 0 Å². The topological polar surface area (TPSA) is 43.1 Å². The van der Waals surface area contributed by atoms with Gasteiger partial charge in [-0.2, -0.15) is 0 Å². The first-order valence-electron chi connectivity index (χ1n) is 12.0. The van der Waals surface area contributed by atoms with E-state index in [1.54, 1.807) is 0 Å². The van der Waals surface area contributed by atoms with Crippen molar-refractivity contribution in [1.29, 1.82) is 0 Å². The smallest absolute Gasteiger partial charge is 0.178 e. The zero-order valence-electron chi connectivity index (χ0n) is 18.8. The van der Waals surface area contributed by atoms with E-state index in [9.17, 15) is 0 Å². The highest BCUT2D eigenvalue weighted by Gasteiger charge is 2.29. The van der Waals surface area contributed by atoms with E-state index < -0.39 is 0 Å². The van der Waals surface area contributed by atoms with Crippen molar-refractivity contribution < 1.29 is 0 Å². The molecule has 0 fully saturated rings. The van der Waals surface area contributed by atoms with Crippen LogP contribution in [0, 0.1) is 0 Å². The second-order valence-electron chi connectivity index (χ2n) is 9.71. The predicted octanol–water partition coefficient (Wildman–Crippen LogP) is 6.73. The minimum atomic E-state index is 0.774. The second kappa shape index (κ2) is 6.10. The summed E-state index contributed by atoms with van der Waals surface area (Å²) < 4.78 is 2.24. The summed E-state index contributed by atoms with van der Waals surface area (Å²) in [5.41, 5.74) is 15.1. The van der Waals surface area contributed by atoms with Crippen LogP contribution in [0.1, 0.15) is 22.3 Å². The molecule has 4 heterocycles. The maximum absolute atomic E-state index is 4.99. The van der Waals surface area contributed by atoms with Crippen LogP contribution in [0.15, 0.2) is 85.3 Å². The van der Waals surface area contributed by atoms with E-state index in [-0.39, 0.29) is 0 Å². The van der Waals surface area contributed by atoms with Gasteiger partial charge in [0.2, 0.25) is 0 Å². The fourth-order valence-corrected chi connectivity index (χ4v) is 6.49. The number of rotatable bonds is 0. The van der Waals surface area contributed by atoms with Crippen molar-refractivity contribution in [3.8, 4) is 22.3 Å². The second-order valence-corrected chi connectivity index (χ2v) is 9.71. The first kappa shape index (κ1) is 17.8. The van der Waals surface area contributed by atoms with Crippen LogP contribution in [-0.4, -0.2) is 19.4 Å². The van der Waals surface area contributed by atoms with Gasteiger partial charge in [0, 0.05) is 29.4 Å². The van der Waals surface area contributed by atoms with Gasteiger partial charge in [0.05, 0.1) is 11.0 Å². The summed E-state index contributed by atoms with van der Waals surface area (Å²) in [4.78, 5) is 14.0. The maximum Gasteiger partial charge on any atom is 0.178 e. The zero-order valence-corrected chi connectivity index (χ0v) is 18.8. The van der Waals surface area contributed by atoms with E-state index in [2.05, 4.69) is 75.0 Å². The SMILES string of the molecule is c1ccc2c(c1)Cc1ccc3c(c1-2)-c1cc2c4cnccc4n4c5cccnc5nc4c2cc1C3. The summed E-state index contributed by atoms with van der Waals surface area (Å²) in [5.74, 6) is 0. The molecule has 0 saturated carbocycles. The number of aromatic nitrogens is 4. The van der Waals surface area contributed by atoms with Crippen LogP contribution in [0.5, 0.6) is 0 Å². The minimum absolute atomic E-state index is 0.774. The molecule has 0 aliphatic heterocycles. The number of hydrogen-bond acceptors (Lipinski definition) is 3. The van der Waals surface area contributed by atoms with E-state index in [4.69, 9.17) is 4.98 Å². The molecule has 3 aromatic carbocycles. The first-order chi connectivity index (χ1) is 17.3. The molecule has 4 aromatic heterocycles. The third-order valence-corrected chi connectivity index (χ3v) is 7.94. The predicted molar refractivity (Wildman–Crippen MR) is 140 cm³/mol. The van der Waals surface area contributed by atoms with Gasteiger partial charge in [-0.15, -0.1) is 0 Å². The van der Waals surface area contributed by atoms with Crippen molar-refractivity contribution in [3.05, 3.63) is 108 Å². The Labute approximate surface area is 200 Å². The Morgan fingerprint density at radius 1 is 0.629 bits per heavy atom.